The van der Waals surface area contributed by atoms with E-state index in [2.05, 4.69) is 10.3 Å². The van der Waals surface area contributed by atoms with Gasteiger partial charge in [-0.3, -0.25) is 4.79 Å². The number of fused-ring (bicyclic) bond motifs is 1. The van der Waals surface area contributed by atoms with Crippen LogP contribution in [0.1, 0.15) is 28.9 Å². The van der Waals surface area contributed by atoms with E-state index >= 15 is 0 Å². The lowest BCUT2D eigenvalue weighted by Crippen LogP contribution is -2.25. The van der Waals surface area contributed by atoms with E-state index < -0.39 is 0 Å². The first-order chi connectivity index (χ1) is 8.65. The third kappa shape index (κ3) is 2.16. The molecular weight excluding hydrogens is 248 g/mol. The molecule has 0 radical (unpaired) electrons. The highest BCUT2D eigenvalue weighted by molar-refractivity contribution is 6.31. The van der Waals surface area contributed by atoms with Gasteiger partial charge in [0.1, 0.15) is 0 Å². The van der Waals surface area contributed by atoms with Crippen molar-refractivity contribution in [2.75, 3.05) is 6.54 Å². The number of ketones is 1. The number of carbonyl (C=O) groups is 1. The number of carbonyl (C=O) groups excluding carboxylic acids is 1. The number of benzene rings is 1. The lowest BCUT2D eigenvalue weighted by Gasteiger charge is -2.03. The highest BCUT2D eigenvalue weighted by atomic mass is 35.5. The van der Waals surface area contributed by atoms with E-state index in [1.165, 1.54) is 12.8 Å². The molecule has 0 atom stereocenters. The van der Waals surface area contributed by atoms with E-state index in [-0.39, 0.29) is 5.78 Å². The fourth-order valence-corrected chi connectivity index (χ4v) is 2.44. The first-order valence-electron chi connectivity index (χ1n) is 6.19. The van der Waals surface area contributed by atoms with Crippen molar-refractivity contribution in [2.45, 2.75) is 25.8 Å². The van der Waals surface area contributed by atoms with Gasteiger partial charge in [0.2, 0.25) is 0 Å². The SMILES string of the molecule is Cc1[nH]c2ccc(Cl)cc2c1C(=O)CNC1CC1. The van der Waals surface area contributed by atoms with Crippen LogP contribution in [0.5, 0.6) is 0 Å². The van der Waals surface area contributed by atoms with Crippen LogP contribution in [0.15, 0.2) is 18.2 Å². The second-order valence-corrected chi connectivity index (χ2v) is 5.33. The third-order valence-electron chi connectivity index (χ3n) is 3.36. The molecule has 3 rings (SSSR count). The minimum Gasteiger partial charge on any atom is -0.358 e. The molecular formula is C14H15ClN2O. The van der Waals surface area contributed by atoms with Gasteiger partial charge in [0.25, 0.3) is 0 Å². The van der Waals surface area contributed by atoms with Gasteiger partial charge in [-0.05, 0) is 38.0 Å². The Morgan fingerprint density at radius 2 is 2.28 bits per heavy atom. The minimum absolute atomic E-state index is 0.132. The van der Waals surface area contributed by atoms with Crippen LogP contribution < -0.4 is 5.32 Å². The maximum absolute atomic E-state index is 12.3. The summed E-state index contributed by atoms with van der Waals surface area (Å²) in [5.74, 6) is 0.132. The molecule has 1 aromatic heterocycles. The molecule has 2 aromatic rings. The Morgan fingerprint density at radius 1 is 1.50 bits per heavy atom. The second kappa shape index (κ2) is 4.41. The largest absolute Gasteiger partial charge is 0.358 e. The molecule has 1 heterocycles. The van der Waals surface area contributed by atoms with Gasteiger partial charge >= 0.3 is 0 Å². The Balaban J connectivity index is 1.95. The summed E-state index contributed by atoms with van der Waals surface area (Å²) in [5, 5.41) is 4.83. The Morgan fingerprint density at radius 3 is 3.00 bits per heavy atom. The van der Waals surface area contributed by atoms with Crippen LogP contribution in [-0.2, 0) is 0 Å². The van der Waals surface area contributed by atoms with E-state index in [9.17, 15) is 4.79 Å². The number of aromatic nitrogens is 1. The fourth-order valence-electron chi connectivity index (χ4n) is 2.27. The van der Waals surface area contributed by atoms with Crippen molar-refractivity contribution < 1.29 is 4.79 Å². The Labute approximate surface area is 111 Å². The summed E-state index contributed by atoms with van der Waals surface area (Å²) >= 11 is 6.00. The molecule has 4 heteroatoms. The summed E-state index contributed by atoms with van der Waals surface area (Å²) in [7, 11) is 0. The second-order valence-electron chi connectivity index (χ2n) is 4.89. The van der Waals surface area contributed by atoms with Crippen molar-refractivity contribution in [3.05, 3.63) is 34.5 Å². The van der Waals surface area contributed by atoms with Crippen molar-refractivity contribution in [3.63, 3.8) is 0 Å². The summed E-state index contributed by atoms with van der Waals surface area (Å²) in [6.45, 7) is 2.34. The number of nitrogens with one attached hydrogen (secondary N) is 2. The van der Waals surface area contributed by atoms with Crippen molar-refractivity contribution >= 4 is 28.3 Å². The maximum atomic E-state index is 12.3. The zero-order chi connectivity index (χ0) is 12.7. The number of rotatable bonds is 4. The topological polar surface area (TPSA) is 44.9 Å². The number of halogens is 1. The molecule has 0 spiro atoms. The van der Waals surface area contributed by atoms with Gasteiger partial charge < -0.3 is 10.3 Å². The fraction of sp³-hybridized carbons (Fsp3) is 0.357. The normalized spacial score (nSPS) is 15.2. The van der Waals surface area contributed by atoms with Crippen LogP contribution in [0.2, 0.25) is 5.02 Å². The number of hydrogen-bond acceptors (Lipinski definition) is 2. The van der Waals surface area contributed by atoms with Gasteiger partial charge in [0.15, 0.2) is 5.78 Å². The molecule has 1 aromatic carbocycles. The average Bonchev–Trinajstić information content (AvgIpc) is 3.09. The summed E-state index contributed by atoms with van der Waals surface area (Å²) in [6, 6.07) is 6.14. The van der Waals surface area contributed by atoms with Crippen molar-refractivity contribution in [2.24, 2.45) is 0 Å². The van der Waals surface area contributed by atoms with Gasteiger partial charge in [-0.1, -0.05) is 11.6 Å². The van der Waals surface area contributed by atoms with Crippen LogP contribution >= 0.6 is 11.6 Å². The molecule has 1 aliphatic carbocycles. The molecule has 1 fully saturated rings. The van der Waals surface area contributed by atoms with Crippen molar-refractivity contribution in [1.29, 1.82) is 0 Å². The van der Waals surface area contributed by atoms with E-state index in [0.29, 0.717) is 17.6 Å². The van der Waals surface area contributed by atoms with Gasteiger partial charge in [0.05, 0.1) is 6.54 Å². The molecule has 3 nitrogen and oxygen atoms in total. The molecule has 0 amide bonds. The molecule has 0 unspecified atom stereocenters. The molecule has 94 valence electrons. The first kappa shape index (κ1) is 11.8. The number of H-pyrrole nitrogens is 1. The lowest BCUT2D eigenvalue weighted by molar-refractivity contribution is 0.0991. The molecule has 18 heavy (non-hydrogen) atoms. The molecule has 0 bridgehead atoms. The smallest absolute Gasteiger partial charge is 0.179 e. The van der Waals surface area contributed by atoms with E-state index in [1.807, 2.05) is 25.1 Å². The molecule has 2 N–H and O–H groups in total. The highest BCUT2D eigenvalue weighted by Crippen LogP contribution is 2.26. The van der Waals surface area contributed by atoms with Crippen LogP contribution in [0.4, 0.5) is 0 Å². The van der Waals surface area contributed by atoms with Gasteiger partial charge in [-0.25, -0.2) is 0 Å². The van der Waals surface area contributed by atoms with Crippen LogP contribution in [0, 0.1) is 6.92 Å². The highest BCUT2D eigenvalue weighted by Gasteiger charge is 2.23. The summed E-state index contributed by atoms with van der Waals surface area (Å²) in [6.07, 6.45) is 2.37. The quantitative estimate of drug-likeness (QED) is 0.832. The van der Waals surface area contributed by atoms with Crippen LogP contribution in [0.3, 0.4) is 0 Å². The van der Waals surface area contributed by atoms with Gasteiger partial charge in [0, 0.05) is 33.2 Å². The van der Waals surface area contributed by atoms with E-state index in [1.54, 1.807) is 0 Å². The van der Waals surface area contributed by atoms with Crippen LogP contribution in [0.25, 0.3) is 10.9 Å². The molecule has 0 saturated heterocycles. The Hall–Kier alpha value is -1.32. The number of aromatic amines is 1. The third-order valence-corrected chi connectivity index (χ3v) is 3.59. The summed E-state index contributed by atoms with van der Waals surface area (Å²) in [5.41, 5.74) is 2.64. The maximum Gasteiger partial charge on any atom is 0.179 e. The van der Waals surface area contributed by atoms with E-state index in [0.717, 1.165) is 22.2 Å². The standard InChI is InChI=1S/C14H15ClN2O/c1-8-14(13(18)7-16-10-3-4-10)11-6-9(15)2-5-12(11)17-8/h2,5-6,10,16-17H,3-4,7H2,1H3. The van der Waals surface area contributed by atoms with E-state index in [4.69, 9.17) is 11.6 Å². The average molecular weight is 263 g/mol. The number of aryl methyl sites for hydroxylation is 1. The molecule has 1 saturated carbocycles. The zero-order valence-corrected chi connectivity index (χ0v) is 11.0. The summed E-state index contributed by atoms with van der Waals surface area (Å²) < 4.78 is 0. The van der Waals surface area contributed by atoms with Gasteiger partial charge in [-0.2, -0.15) is 0 Å². The molecule has 1 aliphatic rings. The van der Waals surface area contributed by atoms with Crippen molar-refractivity contribution in [1.82, 2.24) is 10.3 Å². The summed E-state index contributed by atoms with van der Waals surface area (Å²) in [4.78, 5) is 15.5. The minimum atomic E-state index is 0.132. The zero-order valence-electron chi connectivity index (χ0n) is 10.2. The molecule has 0 aliphatic heterocycles. The monoisotopic (exact) mass is 262 g/mol. The van der Waals surface area contributed by atoms with Gasteiger partial charge in [-0.15, -0.1) is 0 Å². The number of Topliss-reactive ketones (excluding diaryl/α,β-unsaturated/α-hetero) is 1. The Bertz CT molecular complexity index is 614. The first-order valence-corrected chi connectivity index (χ1v) is 6.57. The number of hydrogen-bond donors (Lipinski definition) is 2. The lowest BCUT2D eigenvalue weighted by atomic mass is 10.1. The Kier molecular flexibility index (Phi) is 2.88. The predicted octanol–water partition coefficient (Wildman–Crippen LogP) is 3.06. The van der Waals surface area contributed by atoms with Crippen molar-refractivity contribution in [3.8, 4) is 0 Å². The predicted molar refractivity (Wildman–Crippen MR) is 73.4 cm³/mol. The van der Waals surface area contributed by atoms with Crippen LogP contribution in [-0.4, -0.2) is 23.4 Å².